The molecule has 0 unspecified atom stereocenters. The number of sulfonamides is 1. The van der Waals surface area contributed by atoms with Crippen LogP contribution in [-0.2, 0) is 16.6 Å². The summed E-state index contributed by atoms with van der Waals surface area (Å²) in [4.78, 5) is 1.30. The summed E-state index contributed by atoms with van der Waals surface area (Å²) in [7, 11) is -3.41. The highest BCUT2D eigenvalue weighted by molar-refractivity contribution is 7.89. The highest BCUT2D eigenvalue weighted by Crippen LogP contribution is 2.25. The Hall–Kier alpha value is -0.430. The molecule has 0 radical (unpaired) electrons. The third-order valence-corrected chi connectivity index (χ3v) is 5.46. The Morgan fingerprint density at radius 1 is 1.39 bits per heavy atom. The van der Waals surface area contributed by atoms with Crippen molar-refractivity contribution in [3.05, 3.63) is 16.3 Å². The third-order valence-electron chi connectivity index (χ3n) is 2.56. The van der Waals surface area contributed by atoms with Crippen LogP contribution >= 0.6 is 11.3 Å². The molecule has 1 aliphatic rings. The van der Waals surface area contributed by atoms with E-state index in [0.717, 1.165) is 4.88 Å². The van der Waals surface area contributed by atoms with Crippen LogP contribution in [0.2, 0.25) is 0 Å². The summed E-state index contributed by atoms with van der Waals surface area (Å²) >= 11 is 1.49. The van der Waals surface area contributed by atoms with Crippen molar-refractivity contribution in [1.82, 2.24) is 10.0 Å². The third kappa shape index (κ3) is 3.78. The Kier molecular flexibility index (Phi) is 3.82. The van der Waals surface area contributed by atoms with E-state index >= 15 is 0 Å². The van der Waals surface area contributed by atoms with Crippen molar-refractivity contribution in [2.75, 3.05) is 0 Å². The van der Waals surface area contributed by atoms with Gasteiger partial charge < -0.3 is 5.32 Å². The smallest absolute Gasteiger partial charge is 0.242 e. The molecule has 0 saturated heterocycles. The van der Waals surface area contributed by atoms with Gasteiger partial charge in [-0.15, -0.1) is 11.3 Å². The maximum atomic E-state index is 12.3. The molecule has 2 N–H and O–H groups in total. The zero-order valence-corrected chi connectivity index (χ0v) is 12.6. The minimum absolute atomic E-state index is 0.413. The molecular formula is C12H20N2O2S2. The van der Waals surface area contributed by atoms with Crippen LogP contribution in [0.3, 0.4) is 0 Å². The van der Waals surface area contributed by atoms with Gasteiger partial charge in [-0.05, 0) is 45.1 Å². The number of thiophene rings is 1. The number of hydrogen-bond acceptors (Lipinski definition) is 4. The van der Waals surface area contributed by atoms with E-state index in [9.17, 15) is 8.42 Å². The lowest BCUT2D eigenvalue weighted by atomic mass is 10.1. The predicted octanol–water partition coefficient (Wildman–Crippen LogP) is 2.08. The van der Waals surface area contributed by atoms with E-state index in [2.05, 4.69) is 10.0 Å². The highest BCUT2D eigenvalue weighted by atomic mass is 32.2. The Bertz CT molecular complexity index is 510. The van der Waals surface area contributed by atoms with Crippen molar-refractivity contribution in [1.29, 1.82) is 0 Å². The van der Waals surface area contributed by atoms with Gasteiger partial charge in [0.05, 0.1) is 4.90 Å². The quantitative estimate of drug-likeness (QED) is 0.872. The van der Waals surface area contributed by atoms with Crippen LogP contribution in [0.25, 0.3) is 0 Å². The van der Waals surface area contributed by atoms with Gasteiger partial charge in [-0.2, -0.15) is 0 Å². The Balaban J connectivity index is 2.13. The molecule has 4 nitrogen and oxygen atoms in total. The molecule has 0 aliphatic heterocycles. The minimum Gasteiger partial charge on any atom is -0.309 e. The Morgan fingerprint density at radius 2 is 2.06 bits per heavy atom. The second-order valence-corrected chi connectivity index (χ2v) is 8.37. The fraction of sp³-hybridized carbons (Fsp3) is 0.667. The number of rotatable bonds is 5. The second-order valence-electron chi connectivity index (χ2n) is 5.72. The van der Waals surface area contributed by atoms with E-state index in [4.69, 9.17) is 0 Å². The van der Waals surface area contributed by atoms with Gasteiger partial charge >= 0.3 is 0 Å². The van der Waals surface area contributed by atoms with E-state index in [1.807, 2.05) is 26.2 Å². The molecule has 102 valence electrons. The van der Waals surface area contributed by atoms with E-state index in [1.54, 1.807) is 6.07 Å². The van der Waals surface area contributed by atoms with Gasteiger partial charge in [0.2, 0.25) is 10.0 Å². The Morgan fingerprint density at radius 3 is 2.61 bits per heavy atom. The van der Waals surface area contributed by atoms with Crippen LogP contribution in [0.5, 0.6) is 0 Å². The van der Waals surface area contributed by atoms with E-state index in [1.165, 1.54) is 24.2 Å². The predicted molar refractivity (Wildman–Crippen MR) is 74.3 cm³/mol. The molecule has 0 spiro atoms. The van der Waals surface area contributed by atoms with Gasteiger partial charge in [0, 0.05) is 23.0 Å². The molecule has 18 heavy (non-hydrogen) atoms. The first-order valence-corrected chi connectivity index (χ1v) is 8.48. The molecular weight excluding hydrogens is 268 g/mol. The molecule has 0 bridgehead atoms. The first kappa shape index (κ1) is 14.0. The van der Waals surface area contributed by atoms with Crippen LogP contribution in [0.4, 0.5) is 0 Å². The van der Waals surface area contributed by atoms with Crippen molar-refractivity contribution in [3.63, 3.8) is 0 Å². The molecule has 2 rings (SSSR count). The highest BCUT2D eigenvalue weighted by Gasteiger charge is 2.26. The van der Waals surface area contributed by atoms with Crippen molar-refractivity contribution in [2.45, 2.75) is 56.6 Å². The molecule has 0 aromatic carbocycles. The largest absolute Gasteiger partial charge is 0.309 e. The van der Waals surface area contributed by atoms with Gasteiger partial charge in [0.1, 0.15) is 0 Å². The lowest BCUT2D eigenvalue weighted by Gasteiger charge is -2.20. The van der Waals surface area contributed by atoms with Gasteiger partial charge in [0.25, 0.3) is 0 Å². The zero-order valence-electron chi connectivity index (χ0n) is 11.0. The maximum absolute atomic E-state index is 12.3. The summed E-state index contributed by atoms with van der Waals surface area (Å²) < 4.78 is 27.2. The lowest BCUT2D eigenvalue weighted by molar-refractivity contribution is 0.491. The van der Waals surface area contributed by atoms with E-state index in [-0.39, 0.29) is 0 Å². The fourth-order valence-corrected chi connectivity index (χ4v) is 4.49. The number of hydrogen-bond donors (Lipinski definition) is 2. The lowest BCUT2D eigenvalue weighted by Crippen LogP contribution is -2.40. The van der Waals surface area contributed by atoms with Crippen LogP contribution in [0.1, 0.15) is 38.5 Å². The molecule has 0 amide bonds. The zero-order chi connectivity index (χ0) is 13.4. The van der Waals surface area contributed by atoms with Gasteiger partial charge in [0.15, 0.2) is 0 Å². The average Bonchev–Trinajstić information content (AvgIpc) is 2.88. The number of nitrogens with one attached hydrogen (secondary N) is 2. The summed E-state index contributed by atoms with van der Waals surface area (Å²) in [5.41, 5.74) is -0.456. The van der Waals surface area contributed by atoms with E-state index < -0.39 is 15.6 Å². The molecule has 0 atom stereocenters. The fourth-order valence-electron chi connectivity index (χ4n) is 1.68. The molecule has 1 aromatic rings. The second kappa shape index (κ2) is 4.92. The van der Waals surface area contributed by atoms with Crippen molar-refractivity contribution < 1.29 is 8.42 Å². The Labute approximate surface area is 113 Å². The van der Waals surface area contributed by atoms with Gasteiger partial charge in [-0.1, -0.05) is 0 Å². The molecule has 1 heterocycles. The standard InChI is InChI=1S/C12H20N2O2S2/c1-12(2,3)14-18(15,16)11-6-7-17-10(11)8-13-9-4-5-9/h6-7,9,13-14H,4-5,8H2,1-3H3. The average molecular weight is 288 g/mol. The normalized spacial score (nSPS) is 17.1. The monoisotopic (exact) mass is 288 g/mol. The van der Waals surface area contributed by atoms with E-state index in [0.29, 0.717) is 17.5 Å². The molecule has 1 saturated carbocycles. The van der Waals surface area contributed by atoms with Crippen LogP contribution < -0.4 is 10.0 Å². The topological polar surface area (TPSA) is 58.2 Å². The first-order valence-electron chi connectivity index (χ1n) is 6.12. The molecule has 1 fully saturated rings. The molecule has 1 aromatic heterocycles. The maximum Gasteiger partial charge on any atom is 0.242 e. The van der Waals surface area contributed by atoms with Crippen LogP contribution in [-0.4, -0.2) is 20.0 Å². The molecule has 1 aliphatic carbocycles. The van der Waals surface area contributed by atoms with Crippen molar-refractivity contribution in [2.24, 2.45) is 0 Å². The van der Waals surface area contributed by atoms with Crippen LogP contribution in [0, 0.1) is 0 Å². The summed E-state index contributed by atoms with van der Waals surface area (Å²) in [5, 5.41) is 5.19. The molecule has 6 heteroatoms. The summed E-state index contributed by atoms with van der Waals surface area (Å²) in [5.74, 6) is 0. The summed E-state index contributed by atoms with van der Waals surface area (Å²) in [6.45, 7) is 6.18. The van der Waals surface area contributed by atoms with Gasteiger partial charge in [-0.25, -0.2) is 13.1 Å². The summed E-state index contributed by atoms with van der Waals surface area (Å²) in [6.07, 6.45) is 2.40. The summed E-state index contributed by atoms with van der Waals surface area (Å²) in [6, 6.07) is 2.26. The van der Waals surface area contributed by atoms with Crippen LogP contribution in [0.15, 0.2) is 16.3 Å². The minimum atomic E-state index is -3.41. The van der Waals surface area contributed by atoms with Crippen molar-refractivity contribution >= 4 is 21.4 Å². The van der Waals surface area contributed by atoms with Gasteiger partial charge in [-0.3, -0.25) is 0 Å². The van der Waals surface area contributed by atoms with Crippen molar-refractivity contribution in [3.8, 4) is 0 Å². The first-order chi connectivity index (χ1) is 8.28. The SMILES string of the molecule is CC(C)(C)NS(=O)(=O)c1ccsc1CNC1CC1.